The number of allylic oxidation sites excluding steroid dienone is 1. The van der Waals surface area contributed by atoms with Gasteiger partial charge in [-0.15, -0.1) is 0 Å². The van der Waals surface area contributed by atoms with E-state index in [0.29, 0.717) is 0 Å². The Hall–Kier alpha value is 0.140. The summed E-state index contributed by atoms with van der Waals surface area (Å²) >= 11 is 3.26. The van der Waals surface area contributed by atoms with Gasteiger partial charge in [0.05, 0.1) is 0 Å². The van der Waals surface area contributed by atoms with Crippen LogP contribution in [0.3, 0.4) is 0 Å². The fourth-order valence-electron chi connectivity index (χ4n) is 0.413. The number of alkyl halides is 1. The lowest BCUT2D eigenvalue weighted by atomic mass is 10.3. The second kappa shape index (κ2) is 6.26. The number of aliphatic hydroxyl groups excluding tert-OH is 1. The Labute approximate surface area is 63.3 Å². The standard InChI is InChI=1S/C6H11BrO2/c7-5-3-1-2-4-6(8)9/h2,4,6,8-9H,1,3,5H2/b4-2+. The molecule has 0 saturated heterocycles. The predicted molar refractivity (Wildman–Crippen MR) is 40.4 cm³/mol. The average Bonchev–Trinajstić information content (AvgIpc) is 1.80. The second-order valence-corrected chi connectivity index (χ2v) is 2.47. The Morgan fingerprint density at radius 2 is 2.11 bits per heavy atom. The zero-order valence-electron chi connectivity index (χ0n) is 5.13. The molecule has 0 aliphatic heterocycles. The van der Waals surface area contributed by atoms with E-state index >= 15 is 0 Å². The molecule has 0 rings (SSSR count). The van der Waals surface area contributed by atoms with E-state index in [1.807, 2.05) is 0 Å². The van der Waals surface area contributed by atoms with Crippen molar-refractivity contribution in [2.75, 3.05) is 5.33 Å². The van der Waals surface area contributed by atoms with Crippen molar-refractivity contribution in [3.8, 4) is 0 Å². The van der Waals surface area contributed by atoms with Crippen LogP contribution in [-0.4, -0.2) is 21.8 Å². The Morgan fingerprint density at radius 3 is 2.56 bits per heavy atom. The van der Waals surface area contributed by atoms with E-state index in [4.69, 9.17) is 10.2 Å². The lowest BCUT2D eigenvalue weighted by molar-refractivity contribution is 0.00217. The normalized spacial score (nSPS) is 11.6. The van der Waals surface area contributed by atoms with Crippen molar-refractivity contribution in [2.45, 2.75) is 19.1 Å². The highest BCUT2D eigenvalue weighted by Crippen LogP contribution is 1.95. The second-order valence-electron chi connectivity index (χ2n) is 1.67. The average molecular weight is 195 g/mol. The van der Waals surface area contributed by atoms with Crippen LogP contribution >= 0.6 is 15.9 Å². The molecule has 0 amide bonds. The van der Waals surface area contributed by atoms with Crippen molar-refractivity contribution >= 4 is 15.9 Å². The van der Waals surface area contributed by atoms with Gasteiger partial charge in [0, 0.05) is 5.33 Å². The van der Waals surface area contributed by atoms with Crippen molar-refractivity contribution < 1.29 is 10.2 Å². The monoisotopic (exact) mass is 194 g/mol. The minimum absolute atomic E-state index is 0.892. The lowest BCUT2D eigenvalue weighted by Crippen LogP contribution is -1.96. The van der Waals surface area contributed by atoms with E-state index < -0.39 is 6.29 Å². The molecule has 0 spiro atoms. The number of rotatable bonds is 4. The Bertz CT molecular complexity index is 81.1. The number of hydrogen-bond donors (Lipinski definition) is 2. The molecule has 0 aliphatic carbocycles. The van der Waals surface area contributed by atoms with Crippen LogP contribution in [0.5, 0.6) is 0 Å². The van der Waals surface area contributed by atoms with Gasteiger partial charge >= 0.3 is 0 Å². The highest BCUT2D eigenvalue weighted by atomic mass is 79.9. The maximum Gasteiger partial charge on any atom is 0.171 e. The molecular weight excluding hydrogens is 184 g/mol. The topological polar surface area (TPSA) is 40.5 Å². The fourth-order valence-corrected chi connectivity index (χ4v) is 0.737. The smallest absolute Gasteiger partial charge is 0.171 e. The summed E-state index contributed by atoms with van der Waals surface area (Å²) < 4.78 is 0. The molecule has 0 saturated carbocycles. The van der Waals surface area contributed by atoms with Crippen LogP contribution in [0, 0.1) is 0 Å². The van der Waals surface area contributed by atoms with Crippen LogP contribution in [0.4, 0.5) is 0 Å². The summed E-state index contributed by atoms with van der Waals surface area (Å²) in [7, 11) is 0. The minimum Gasteiger partial charge on any atom is -0.365 e. The third kappa shape index (κ3) is 8.14. The predicted octanol–water partition coefficient (Wildman–Crippen LogP) is 1.03. The summed E-state index contributed by atoms with van der Waals surface area (Å²) in [4.78, 5) is 0. The first kappa shape index (κ1) is 9.14. The molecule has 0 bridgehead atoms. The molecule has 0 fully saturated rings. The summed E-state index contributed by atoms with van der Waals surface area (Å²) in [6, 6.07) is 0. The molecule has 54 valence electrons. The summed E-state index contributed by atoms with van der Waals surface area (Å²) in [5, 5.41) is 17.6. The van der Waals surface area contributed by atoms with Gasteiger partial charge in [0.1, 0.15) is 0 Å². The highest BCUT2D eigenvalue weighted by Gasteiger charge is 1.84. The molecule has 0 atom stereocenters. The molecular formula is C6H11BrO2. The van der Waals surface area contributed by atoms with Crippen LogP contribution in [0.15, 0.2) is 12.2 Å². The molecule has 0 aromatic carbocycles. The van der Waals surface area contributed by atoms with E-state index in [1.165, 1.54) is 6.08 Å². The molecule has 0 radical (unpaired) electrons. The van der Waals surface area contributed by atoms with E-state index in [9.17, 15) is 0 Å². The first-order chi connectivity index (χ1) is 4.27. The van der Waals surface area contributed by atoms with Crippen LogP contribution in [-0.2, 0) is 0 Å². The van der Waals surface area contributed by atoms with E-state index in [2.05, 4.69) is 15.9 Å². The van der Waals surface area contributed by atoms with Gasteiger partial charge in [-0.1, -0.05) is 22.0 Å². The highest BCUT2D eigenvalue weighted by molar-refractivity contribution is 9.09. The first-order valence-corrected chi connectivity index (χ1v) is 3.98. The van der Waals surface area contributed by atoms with Gasteiger partial charge in [-0.2, -0.15) is 0 Å². The quantitative estimate of drug-likeness (QED) is 0.304. The molecule has 0 heterocycles. The third-order valence-electron chi connectivity index (χ3n) is 0.813. The van der Waals surface area contributed by atoms with Gasteiger partial charge in [0.25, 0.3) is 0 Å². The van der Waals surface area contributed by atoms with E-state index in [0.717, 1.165) is 18.2 Å². The first-order valence-electron chi connectivity index (χ1n) is 2.86. The van der Waals surface area contributed by atoms with Crippen LogP contribution < -0.4 is 0 Å². The minimum atomic E-state index is -1.29. The summed E-state index contributed by atoms with van der Waals surface area (Å²) in [6.07, 6.45) is 3.75. The maximum atomic E-state index is 8.31. The molecule has 3 heteroatoms. The SMILES string of the molecule is OC(O)/C=C/CCCBr. The van der Waals surface area contributed by atoms with Crippen LogP contribution in [0.25, 0.3) is 0 Å². The maximum absolute atomic E-state index is 8.31. The zero-order valence-corrected chi connectivity index (χ0v) is 6.71. The summed E-state index contributed by atoms with van der Waals surface area (Å²) in [5.41, 5.74) is 0. The van der Waals surface area contributed by atoms with Crippen molar-refractivity contribution in [2.24, 2.45) is 0 Å². The number of halogens is 1. The molecule has 0 aliphatic rings. The zero-order chi connectivity index (χ0) is 7.11. The van der Waals surface area contributed by atoms with Gasteiger partial charge in [-0.3, -0.25) is 0 Å². The van der Waals surface area contributed by atoms with Crippen molar-refractivity contribution in [3.63, 3.8) is 0 Å². The molecule has 0 aromatic heterocycles. The number of unbranched alkanes of at least 4 members (excludes halogenated alkanes) is 1. The third-order valence-corrected chi connectivity index (χ3v) is 1.37. The van der Waals surface area contributed by atoms with Crippen LogP contribution in [0.2, 0.25) is 0 Å². The van der Waals surface area contributed by atoms with Crippen molar-refractivity contribution in [1.82, 2.24) is 0 Å². The van der Waals surface area contributed by atoms with Crippen molar-refractivity contribution in [1.29, 1.82) is 0 Å². The fraction of sp³-hybridized carbons (Fsp3) is 0.667. The lowest BCUT2D eigenvalue weighted by Gasteiger charge is -1.91. The van der Waals surface area contributed by atoms with Gasteiger partial charge in [0.2, 0.25) is 0 Å². The molecule has 2 N–H and O–H groups in total. The number of aliphatic hydroxyl groups is 2. The van der Waals surface area contributed by atoms with Crippen molar-refractivity contribution in [3.05, 3.63) is 12.2 Å². The van der Waals surface area contributed by atoms with E-state index in [-0.39, 0.29) is 0 Å². The summed E-state index contributed by atoms with van der Waals surface area (Å²) in [5.74, 6) is 0. The van der Waals surface area contributed by atoms with Gasteiger partial charge < -0.3 is 10.2 Å². The van der Waals surface area contributed by atoms with Gasteiger partial charge in [-0.25, -0.2) is 0 Å². The molecule has 2 nitrogen and oxygen atoms in total. The molecule has 9 heavy (non-hydrogen) atoms. The van der Waals surface area contributed by atoms with Crippen LogP contribution in [0.1, 0.15) is 12.8 Å². The Balaban J connectivity index is 3.04. The number of hydrogen-bond acceptors (Lipinski definition) is 2. The van der Waals surface area contributed by atoms with E-state index in [1.54, 1.807) is 6.08 Å². The van der Waals surface area contributed by atoms with Gasteiger partial charge in [-0.05, 0) is 18.9 Å². The molecule has 0 aromatic rings. The Kier molecular flexibility index (Phi) is 6.36. The Morgan fingerprint density at radius 1 is 1.44 bits per heavy atom. The largest absolute Gasteiger partial charge is 0.365 e. The molecule has 0 unspecified atom stereocenters. The van der Waals surface area contributed by atoms with Gasteiger partial charge in [0.15, 0.2) is 6.29 Å². The summed E-state index contributed by atoms with van der Waals surface area (Å²) in [6.45, 7) is 0.